The molecule has 2 atom stereocenters. The van der Waals surface area contributed by atoms with Gasteiger partial charge in [0.25, 0.3) is 0 Å². The number of halogens is 1. The van der Waals surface area contributed by atoms with E-state index in [1.54, 1.807) is 25.3 Å². The maximum Gasteiger partial charge on any atom is 0.169 e. The summed E-state index contributed by atoms with van der Waals surface area (Å²) in [5.74, 6) is 0.433. The summed E-state index contributed by atoms with van der Waals surface area (Å²) in [6.07, 6.45) is -0.159. The Labute approximate surface area is 106 Å². The van der Waals surface area contributed by atoms with Gasteiger partial charge in [0.1, 0.15) is 5.76 Å². The molecule has 1 aromatic carbocycles. The second kappa shape index (κ2) is 5.08. The van der Waals surface area contributed by atoms with Crippen LogP contribution in [-0.2, 0) is 4.74 Å². The summed E-state index contributed by atoms with van der Waals surface area (Å²) >= 11 is 0. The van der Waals surface area contributed by atoms with Crippen LogP contribution in [0, 0.1) is 11.7 Å². The van der Waals surface area contributed by atoms with E-state index in [0.29, 0.717) is 5.76 Å². The smallest absolute Gasteiger partial charge is 0.169 e. The molecule has 98 valence electrons. The molecule has 0 bridgehead atoms. The van der Waals surface area contributed by atoms with Crippen molar-refractivity contribution < 1.29 is 13.5 Å². The number of hydrogen-bond acceptors (Lipinski definition) is 3. The number of para-hydroxylation sites is 1. The van der Waals surface area contributed by atoms with E-state index in [4.69, 9.17) is 14.9 Å². The van der Waals surface area contributed by atoms with Crippen LogP contribution in [0.5, 0.6) is 0 Å². The highest BCUT2D eigenvalue weighted by Crippen LogP contribution is 2.29. The zero-order chi connectivity index (χ0) is 13.3. The van der Waals surface area contributed by atoms with Crippen molar-refractivity contribution >= 4 is 11.0 Å². The van der Waals surface area contributed by atoms with Crippen molar-refractivity contribution in [3.8, 4) is 0 Å². The Kier molecular flexibility index (Phi) is 3.68. The average Bonchev–Trinajstić information content (AvgIpc) is 2.74. The van der Waals surface area contributed by atoms with Crippen molar-refractivity contribution in [3.05, 3.63) is 35.8 Å². The van der Waals surface area contributed by atoms with Gasteiger partial charge in [0.2, 0.25) is 0 Å². The van der Waals surface area contributed by atoms with Crippen LogP contribution >= 0.6 is 0 Å². The second-order valence-corrected chi connectivity index (χ2v) is 4.78. The lowest BCUT2D eigenvalue weighted by Gasteiger charge is -2.24. The van der Waals surface area contributed by atoms with Crippen molar-refractivity contribution in [2.24, 2.45) is 11.7 Å². The Hall–Kier alpha value is -1.39. The van der Waals surface area contributed by atoms with Crippen molar-refractivity contribution in [2.45, 2.75) is 26.0 Å². The summed E-state index contributed by atoms with van der Waals surface area (Å²) in [7, 11) is 1.62. The number of furan rings is 1. The van der Waals surface area contributed by atoms with Gasteiger partial charge in [0.15, 0.2) is 11.4 Å². The third-order valence-electron chi connectivity index (χ3n) is 3.13. The molecular formula is C14H18FNO2. The molecule has 1 heterocycles. The predicted octanol–water partition coefficient (Wildman–Crippen LogP) is 3.24. The zero-order valence-electron chi connectivity index (χ0n) is 10.8. The second-order valence-electron chi connectivity index (χ2n) is 4.78. The van der Waals surface area contributed by atoms with Crippen LogP contribution in [0.15, 0.2) is 28.7 Å². The van der Waals surface area contributed by atoms with E-state index in [2.05, 4.69) is 0 Å². The van der Waals surface area contributed by atoms with Gasteiger partial charge in [-0.1, -0.05) is 26.0 Å². The summed E-state index contributed by atoms with van der Waals surface area (Å²) in [5, 5.41) is 0.721. The van der Waals surface area contributed by atoms with Crippen molar-refractivity contribution in [1.82, 2.24) is 0 Å². The molecular weight excluding hydrogens is 233 g/mol. The first-order valence-corrected chi connectivity index (χ1v) is 6.01. The molecule has 0 amide bonds. The van der Waals surface area contributed by atoms with Gasteiger partial charge in [-0.3, -0.25) is 0 Å². The van der Waals surface area contributed by atoms with E-state index < -0.39 is 6.04 Å². The standard InChI is InChI=1S/C14H18FNO2/c1-8(2)13(17-3)12(16)11-7-9-5-4-6-10(15)14(9)18-11/h4-8,12-13H,16H2,1-3H3. The third-order valence-corrected chi connectivity index (χ3v) is 3.13. The summed E-state index contributed by atoms with van der Waals surface area (Å²) in [4.78, 5) is 0. The molecule has 2 aromatic rings. The summed E-state index contributed by atoms with van der Waals surface area (Å²) in [6.45, 7) is 4.05. The van der Waals surface area contributed by atoms with Crippen molar-refractivity contribution in [1.29, 1.82) is 0 Å². The molecule has 0 saturated carbocycles. The van der Waals surface area contributed by atoms with E-state index in [9.17, 15) is 4.39 Å². The van der Waals surface area contributed by atoms with Gasteiger partial charge in [0.05, 0.1) is 12.1 Å². The largest absolute Gasteiger partial charge is 0.456 e. The minimum absolute atomic E-state index is 0.159. The number of benzene rings is 1. The minimum Gasteiger partial charge on any atom is -0.456 e. The number of methoxy groups -OCH3 is 1. The number of hydrogen-bond donors (Lipinski definition) is 1. The normalized spacial score (nSPS) is 15.2. The van der Waals surface area contributed by atoms with E-state index in [1.165, 1.54) is 6.07 Å². The maximum atomic E-state index is 13.5. The minimum atomic E-state index is -0.401. The number of fused-ring (bicyclic) bond motifs is 1. The van der Waals surface area contributed by atoms with E-state index in [-0.39, 0.29) is 23.4 Å². The molecule has 0 saturated heterocycles. The summed E-state index contributed by atoms with van der Waals surface area (Å²) < 4.78 is 24.4. The Bertz CT molecular complexity index is 536. The third kappa shape index (κ3) is 2.26. The van der Waals surface area contributed by atoms with Crippen LogP contribution in [0.3, 0.4) is 0 Å². The Morgan fingerprint density at radius 3 is 2.61 bits per heavy atom. The molecule has 1 aromatic heterocycles. The monoisotopic (exact) mass is 251 g/mol. The molecule has 2 N–H and O–H groups in total. The van der Waals surface area contributed by atoms with Gasteiger partial charge in [-0.2, -0.15) is 0 Å². The fraction of sp³-hybridized carbons (Fsp3) is 0.429. The first kappa shape index (κ1) is 13.1. The first-order valence-electron chi connectivity index (χ1n) is 6.01. The Morgan fingerprint density at radius 2 is 2.06 bits per heavy atom. The molecule has 0 spiro atoms. The SMILES string of the molecule is COC(C(C)C)C(N)c1cc2cccc(F)c2o1. The Balaban J connectivity index is 2.39. The molecule has 0 aliphatic heterocycles. The number of rotatable bonds is 4. The summed E-state index contributed by atoms with van der Waals surface area (Å²) in [6, 6.07) is 6.20. The van der Waals surface area contributed by atoms with Gasteiger partial charge in [0, 0.05) is 12.5 Å². The average molecular weight is 251 g/mol. The zero-order valence-corrected chi connectivity index (χ0v) is 10.8. The predicted molar refractivity (Wildman–Crippen MR) is 68.7 cm³/mol. The molecule has 0 radical (unpaired) electrons. The van der Waals surface area contributed by atoms with Crippen LogP contribution in [-0.4, -0.2) is 13.2 Å². The van der Waals surface area contributed by atoms with Crippen LogP contribution in [0.25, 0.3) is 11.0 Å². The maximum absolute atomic E-state index is 13.5. The van der Waals surface area contributed by atoms with E-state index in [1.807, 2.05) is 13.8 Å². The first-order chi connectivity index (χ1) is 8.54. The van der Waals surface area contributed by atoms with Gasteiger partial charge < -0.3 is 14.9 Å². The molecule has 0 fully saturated rings. The van der Waals surface area contributed by atoms with Crippen LogP contribution in [0.2, 0.25) is 0 Å². The lowest BCUT2D eigenvalue weighted by atomic mass is 9.98. The lowest BCUT2D eigenvalue weighted by Crippen LogP contribution is -2.32. The van der Waals surface area contributed by atoms with Crippen molar-refractivity contribution in [2.75, 3.05) is 7.11 Å². The van der Waals surface area contributed by atoms with Gasteiger partial charge >= 0.3 is 0 Å². The highest BCUT2D eigenvalue weighted by atomic mass is 19.1. The fourth-order valence-electron chi connectivity index (χ4n) is 2.21. The molecule has 2 rings (SSSR count). The Morgan fingerprint density at radius 1 is 1.33 bits per heavy atom. The van der Waals surface area contributed by atoms with Crippen LogP contribution < -0.4 is 5.73 Å². The quantitative estimate of drug-likeness (QED) is 0.907. The fourth-order valence-corrected chi connectivity index (χ4v) is 2.21. The van der Waals surface area contributed by atoms with Gasteiger partial charge in [-0.05, 0) is 18.1 Å². The molecule has 4 heteroatoms. The molecule has 0 aliphatic carbocycles. The van der Waals surface area contributed by atoms with Crippen molar-refractivity contribution in [3.63, 3.8) is 0 Å². The number of ether oxygens (including phenoxy) is 1. The topological polar surface area (TPSA) is 48.4 Å². The highest BCUT2D eigenvalue weighted by molar-refractivity contribution is 5.78. The molecule has 2 unspecified atom stereocenters. The van der Waals surface area contributed by atoms with Crippen LogP contribution in [0.4, 0.5) is 4.39 Å². The summed E-state index contributed by atoms with van der Waals surface area (Å²) in [5.41, 5.74) is 6.37. The molecule has 3 nitrogen and oxygen atoms in total. The molecule has 18 heavy (non-hydrogen) atoms. The molecule has 0 aliphatic rings. The van der Waals surface area contributed by atoms with Gasteiger partial charge in [-0.15, -0.1) is 0 Å². The van der Waals surface area contributed by atoms with E-state index >= 15 is 0 Å². The highest BCUT2D eigenvalue weighted by Gasteiger charge is 2.25. The number of nitrogens with two attached hydrogens (primary N) is 1. The van der Waals surface area contributed by atoms with Gasteiger partial charge in [-0.25, -0.2) is 4.39 Å². The lowest BCUT2D eigenvalue weighted by molar-refractivity contribution is 0.0385. The van der Waals surface area contributed by atoms with E-state index in [0.717, 1.165) is 5.39 Å². The van der Waals surface area contributed by atoms with Crippen LogP contribution in [0.1, 0.15) is 25.6 Å².